The first-order valence-electron chi connectivity index (χ1n) is 8.88. The molecular weight excluding hydrogens is 386 g/mol. The van der Waals surface area contributed by atoms with Crippen molar-refractivity contribution in [2.75, 3.05) is 26.2 Å². The van der Waals surface area contributed by atoms with Gasteiger partial charge in [-0.15, -0.1) is 0 Å². The van der Waals surface area contributed by atoms with Gasteiger partial charge in [0.05, 0.1) is 5.69 Å². The highest BCUT2D eigenvalue weighted by Gasteiger charge is 2.28. The normalized spacial score (nSPS) is 14.2. The standard InChI is InChI=1S/C18H20ClN5O4/c1-3-23-17(27)15(16(26)22-10-8-21(9-11-22)12(2)25)20-24(18(23)28)14-6-4-13(19)5-7-14/h4-7H,3,8-11H2,1-2H3. The van der Waals surface area contributed by atoms with Crippen LogP contribution >= 0.6 is 11.6 Å². The first-order valence-corrected chi connectivity index (χ1v) is 9.26. The molecule has 9 nitrogen and oxygen atoms in total. The van der Waals surface area contributed by atoms with Gasteiger partial charge in [0.15, 0.2) is 0 Å². The lowest BCUT2D eigenvalue weighted by atomic mass is 10.2. The van der Waals surface area contributed by atoms with Gasteiger partial charge >= 0.3 is 5.69 Å². The molecule has 1 aliphatic heterocycles. The molecule has 3 rings (SSSR count). The Morgan fingerprint density at radius 1 is 1.04 bits per heavy atom. The SMILES string of the molecule is CCn1c(=O)c(C(=O)N2CCN(C(C)=O)CC2)nn(-c2ccc(Cl)cc2)c1=O. The molecule has 0 aliphatic carbocycles. The van der Waals surface area contributed by atoms with Gasteiger partial charge in [-0.3, -0.25) is 19.0 Å². The number of rotatable bonds is 3. The topological polar surface area (TPSA) is 97.5 Å². The van der Waals surface area contributed by atoms with Crippen LogP contribution in [0.4, 0.5) is 0 Å². The third kappa shape index (κ3) is 3.70. The fourth-order valence-corrected chi connectivity index (χ4v) is 3.18. The minimum Gasteiger partial charge on any atom is -0.339 e. The van der Waals surface area contributed by atoms with Crippen LogP contribution in [0.25, 0.3) is 5.69 Å². The van der Waals surface area contributed by atoms with Gasteiger partial charge in [-0.25, -0.2) is 4.79 Å². The summed E-state index contributed by atoms with van der Waals surface area (Å²) in [6.45, 7) is 4.60. The molecule has 0 N–H and O–H groups in total. The van der Waals surface area contributed by atoms with Gasteiger partial charge in [-0.2, -0.15) is 9.78 Å². The fourth-order valence-electron chi connectivity index (χ4n) is 3.05. The van der Waals surface area contributed by atoms with Gasteiger partial charge in [0, 0.05) is 44.7 Å². The van der Waals surface area contributed by atoms with Gasteiger partial charge in [-0.1, -0.05) is 11.6 Å². The molecule has 148 valence electrons. The lowest BCUT2D eigenvalue weighted by Gasteiger charge is -2.33. The molecule has 0 saturated carbocycles. The molecule has 1 saturated heterocycles. The van der Waals surface area contributed by atoms with Gasteiger partial charge in [0.25, 0.3) is 11.5 Å². The van der Waals surface area contributed by atoms with Crippen molar-refractivity contribution in [3.05, 3.63) is 55.8 Å². The van der Waals surface area contributed by atoms with Crippen molar-refractivity contribution in [3.8, 4) is 5.69 Å². The molecule has 1 aromatic heterocycles. The zero-order valence-electron chi connectivity index (χ0n) is 15.6. The maximum Gasteiger partial charge on any atom is 0.352 e. The smallest absolute Gasteiger partial charge is 0.339 e. The summed E-state index contributed by atoms with van der Waals surface area (Å²) in [6.07, 6.45) is 0. The Balaban J connectivity index is 2.01. The number of benzene rings is 1. The Kier molecular flexibility index (Phi) is 5.64. The maximum absolute atomic E-state index is 12.9. The molecule has 1 aliphatic rings. The Labute approximate surface area is 165 Å². The molecule has 10 heteroatoms. The summed E-state index contributed by atoms with van der Waals surface area (Å²) >= 11 is 5.89. The maximum atomic E-state index is 12.9. The Morgan fingerprint density at radius 3 is 2.14 bits per heavy atom. The van der Waals surface area contributed by atoms with E-state index in [-0.39, 0.29) is 18.1 Å². The average Bonchev–Trinajstić information content (AvgIpc) is 2.69. The van der Waals surface area contributed by atoms with Crippen LogP contribution in [0.2, 0.25) is 5.02 Å². The number of hydrogen-bond donors (Lipinski definition) is 0. The Bertz CT molecular complexity index is 1020. The van der Waals surface area contributed by atoms with E-state index in [1.165, 1.54) is 11.8 Å². The van der Waals surface area contributed by atoms with E-state index in [2.05, 4.69) is 5.10 Å². The molecule has 2 aromatic rings. The van der Waals surface area contributed by atoms with Gasteiger partial charge in [-0.05, 0) is 31.2 Å². The number of carbonyl (C=O) groups excluding carboxylic acids is 2. The molecule has 0 bridgehead atoms. The highest BCUT2D eigenvalue weighted by molar-refractivity contribution is 6.30. The quantitative estimate of drug-likeness (QED) is 0.735. The summed E-state index contributed by atoms with van der Waals surface area (Å²) in [5.74, 6) is -0.618. The highest BCUT2D eigenvalue weighted by atomic mass is 35.5. The number of nitrogens with zero attached hydrogens (tertiary/aromatic N) is 5. The number of halogens is 1. The van der Waals surface area contributed by atoms with Crippen molar-refractivity contribution in [1.29, 1.82) is 0 Å². The Morgan fingerprint density at radius 2 is 1.61 bits per heavy atom. The van der Waals surface area contributed by atoms with E-state index in [1.54, 1.807) is 36.1 Å². The number of aromatic nitrogens is 3. The molecule has 0 radical (unpaired) electrons. The molecule has 2 heterocycles. The van der Waals surface area contributed by atoms with E-state index in [1.807, 2.05) is 0 Å². The molecular formula is C18H20ClN5O4. The number of hydrogen-bond acceptors (Lipinski definition) is 5. The minimum atomic E-state index is -0.725. The van der Waals surface area contributed by atoms with E-state index >= 15 is 0 Å². The van der Waals surface area contributed by atoms with Crippen LogP contribution in [-0.2, 0) is 11.3 Å². The second kappa shape index (κ2) is 7.97. The van der Waals surface area contributed by atoms with E-state index in [4.69, 9.17) is 11.6 Å². The minimum absolute atomic E-state index is 0.0603. The van der Waals surface area contributed by atoms with Crippen LogP contribution in [0.15, 0.2) is 33.9 Å². The molecule has 0 unspecified atom stereocenters. The first kappa shape index (κ1) is 19.8. The number of piperazine rings is 1. The zero-order valence-corrected chi connectivity index (χ0v) is 16.3. The predicted molar refractivity (Wildman–Crippen MR) is 103 cm³/mol. The first-order chi connectivity index (χ1) is 13.3. The summed E-state index contributed by atoms with van der Waals surface area (Å²) in [4.78, 5) is 52.8. The molecule has 1 fully saturated rings. The third-order valence-corrected chi connectivity index (χ3v) is 4.91. The summed E-state index contributed by atoms with van der Waals surface area (Å²) < 4.78 is 2.00. The monoisotopic (exact) mass is 405 g/mol. The summed E-state index contributed by atoms with van der Waals surface area (Å²) in [6, 6.07) is 6.35. The second-order valence-corrected chi connectivity index (χ2v) is 6.80. The van der Waals surface area contributed by atoms with Gasteiger partial charge in [0.1, 0.15) is 0 Å². The van der Waals surface area contributed by atoms with Crippen LogP contribution in [0.1, 0.15) is 24.3 Å². The molecule has 2 amide bonds. The number of amides is 2. The van der Waals surface area contributed by atoms with Crippen LogP contribution < -0.4 is 11.2 Å². The lowest BCUT2D eigenvalue weighted by molar-refractivity contribution is -0.130. The summed E-state index contributed by atoms with van der Waals surface area (Å²) in [7, 11) is 0. The van der Waals surface area contributed by atoms with Crippen molar-refractivity contribution in [2.24, 2.45) is 0 Å². The van der Waals surface area contributed by atoms with E-state index in [9.17, 15) is 19.2 Å². The van der Waals surface area contributed by atoms with E-state index in [0.29, 0.717) is 36.9 Å². The average molecular weight is 406 g/mol. The molecule has 1 aromatic carbocycles. The second-order valence-electron chi connectivity index (χ2n) is 6.37. The third-order valence-electron chi connectivity index (χ3n) is 4.66. The zero-order chi connectivity index (χ0) is 20.4. The van der Waals surface area contributed by atoms with Crippen molar-refractivity contribution >= 4 is 23.4 Å². The number of carbonyl (C=O) groups is 2. The highest BCUT2D eigenvalue weighted by Crippen LogP contribution is 2.11. The summed E-state index contributed by atoms with van der Waals surface area (Å²) in [5, 5.41) is 4.55. The predicted octanol–water partition coefficient (Wildman–Crippen LogP) is 0.372. The van der Waals surface area contributed by atoms with Crippen LogP contribution in [0, 0.1) is 0 Å². The van der Waals surface area contributed by atoms with Crippen molar-refractivity contribution in [3.63, 3.8) is 0 Å². The Hall–Kier alpha value is -2.94. The van der Waals surface area contributed by atoms with Gasteiger partial charge in [0.2, 0.25) is 11.6 Å². The lowest BCUT2D eigenvalue weighted by Crippen LogP contribution is -2.52. The summed E-state index contributed by atoms with van der Waals surface area (Å²) in [5.41, 5.74) is -1.29. The van der Waals surface area contributed by atoms with Crippen LogP contribution in [-0.4, -0.2) is 62.1 Å². The van der Waals surface area contributed by atoms with Crippen molar-refractivity contribution < 1.29 is 9.59 Å². The molecule has 0 spiro atoms. The fraction of sp³-hybridized carbons (Fsp3) is 0.389. The van der Waals surface area contributed by atoms with Crippen LogP contribution in [0.5, 0.6) is 0 Å². The van der Waals surface area contributed by atoms with E-state index in [0.717, 1.165) is 9.25 Å². The largest absolute Gasteiger partial charge is 0.352 e. The van der Waals surface area contributed by atoms with Crippen molar-refractivity contribution in [2.45, 2.75) is 20.4 Å². The van der Waals surface area contributed by atoms with Crippen molar-refractivity contribution in [1.82, 2.24) is 24.1 Å². The molecule has 28 heavy (non-hydrogen) atoms. The molecule has 0 atom stereocenters. The van der Waals surface area contributed by atoms with E-state index < -0.39 is 17.2 Å². The van der Waals surface area contributed by atoms with Gasteiger partial charge < -0.3 is 9.80 Å². The van der Waals surface area contributed by atoms with Crippen LogP contribution in [0.3, 0.4) is 0 Å².